The molecule has 2 nitrogen and oxygen atoms in total. The van der Waals surface area contributed by atoms with Crippen LogP contribution in [0.1, 0.15) is 22.3 Å². The van der Waals surface area contributed by atoms with Gasteiger partial charge in [0.15, 0.2) is 0 Å². The summed E-state index contributed by atoms with van der Waals surface area (Å²) in [5, 5.41) is 4.98. The van der Waals surface area contributed by atoms with E-state index in [2.05, 4.69) is 288 Å². The zero-order valence-electron chi connectivity index (χ0n) is 38.0. The second kappa shape index (κ2) is 16.7. The van der Waals surface area contributed by atoms with Crippen LogP contribution in [0.5, 0.6) is 0 Å². The van der Waals surface area contributed by atoms with Crippen LogP contribution in [0.4, 0.5) is 0 Å². The van der Waals surface area contributed by atoms with Crippen molar-refractivity contribution in [1.29, 1.82) is 0 Å². The van der Waals surface area contributed by atoms with Gasteiger partial charge in [-0.2, -0.15) is 0 Å². The maximum absolute atomic E-state index is 2.42. The molecule has 324 valence electrons. The van der Waals surface area contributed by atoms with E-state index in [9.17, 15) is 0 Å². The number of hydrogen-bond donors (Lipinski definition) is 0. The predicted octanol–water partition coefficient (Wildman–Crippen LogP) is 17.3. The van der Waals surface area contributed by atoms with E-state index in [-0.39, 0.29) is 0 Å². The zero-order valence-corrected chi connectivity index (χ0v) is 38.0. The first-order valence-corrected chi connectivity index (χ1v) is 23.8. The first kappa shape index (κ1) is 40.3. The average molecular weight is 879 g/mol. The monoisotopic (exact) mass is 878 g/mol. The van der Waals surface area contributed by atoms with E-state index in [4.69, 9.17) is 0 Å². The van der Waals surface area contributed by atoms with Gasteiger partial charge >= 0.3 is 0 Å². The summed E-state index contributed by atoms with van der Waals surface area (Å²) in [6.07, 6.45) is 0. The van der Waals surface area contributed by atoms with E-state index in [0.717, 1.165) is 11.3 Å². The molecular weight excluding hydrogens is 833 g/mol. The lowest BCUT2D eigenvalue weighted by atomic mass is 9.64. The van der Waals surface area contributed by atoms with Crippen molar-refractivity contribution in [2.75, 3.05) is 0 Å². The standard InChI is InChI=1S/C67H46N2/c1-6-20-47(21-7-1)51-42-52(44-56(43-51)67(53-22-8-2-9-23-53,54-24-10-3-11-25-54)55-26-12-4-13-27-55)48-34-38-58(39-35-48)69-64-33-19-17-31-60(64)62-46-50(37-41-66(62)69)49-36-40-65-61(45-49)59-30-16-18-32-63(59)68(65)57-28-14-5-15-29-57/h1-46H. The molecule has 0 bridgehead atoms. The van der Waals surface area contributed by atoms with E-state index in [1.807, 2.05) is 0 Å². The Balaban J connectivity index is 0.943. The van der Waals surface area contributed by atoms with Crippen LogP contribution in [0.25, 0.3) is 88.4 Å². The van der Waals surface area contributed by atoms with Gasteiger partial charge in [0.1, 0.15) is 0 Å². The summed E-state index contributed by atoms with van der Waals surface area (Å²) in [5.41, 5.74) is 18.5. The first-order chi connectivity index (χ1) is 34.2. The van der Waals surface area contributed by atoms with Gasteiger partial charge in [-0.15, -0.1) is 0 Å². The zero-order chi connectivity index (χ0) is 45.7. The number of fused-ring (bicyclic) bond motifs is 6. The van der Waals surface area contributed by atoms with Gasteiger partial charge in [-0.3, -0.25) is 0 Å². The Morgan fingerprint density at radius 3 is 1.01 bits per heavy atom. The number of hydrogen-bond acceptors (Lipinski definition) is 0. The SMILES string of the molecule is c1ccc(-c2cc(-c3ccc(-n4c5ccccc5c5cc(-c6ccc7c(c6)c6ccccc6n7-c6ccccc6)ccc54)cc3)cc(C(c3ccccc3)(c3ccccc3)c3ccccc3)c2)cc1. The van der Waals surface area contributed by atoms with Gasteiger partial charge in [0.2, 0.25) is 0 Å². The van der Waals surface area contributed by atoms with Gasteiger partial charge in [-0.25, -0.2) is 0 Å². The number of rotatable bonds is 9. The Morgan fingerprint density at radius 1 is 0.203 bits per heavy atom. The molecule has 13 rings (SSSR count). The Morgan fingerprint density at radius 2 is 0.551 bits per heavy atom. The van der Waals surface area contributed by atoms with Gasteiger partial charge in [-0.1, -0.05) is 200 Å². The molecule has 0 N–H and O–H groups in total. The Kier molecular flexibility index (Phi) is 9.77. The van der Waals surface area contributed by atoms with Crippen molar-refractivity contribution in [3.8, 4) is 44.8 Å². The maximum Gasteiger partial charge on any atom is 0.0702 e. The number of para-hydroxylation sites is 3. The van der Waals surface area contributed by atoms with Crippen molar-refractivity contribution in [3.63, 3.8) is 0 Å². The molecule has 0 atom stereocenters. The second-order valence-corrected chi connectivity index (χ2v) is 18.1. The van der Waals surface area contributed by atoms with Crippen LogP contribution >= 0.6 is 0 Å². The van der Waals surface area contributed by atoms with E-state index in [1.54, 1.807) is 0 Å². The normalized spacial score (nSPS) is 11.8. The minimum atomic E-state index is -0.585. The van der Waals surface area contributed by atoms with Gasteiger partial charge in [0.25, 0.3) is 0 Å². The van der Waals surface area contributed by atoms with Crippen LogP contribution in [-0.2, 0) is 5.41 Å². The van der Waals surface area contributed by atoms with Crippen molar-refractivity contribution >= 4 is 43.6 Å². The summed E-state index contributed by atoms with van der Waals surface area (Å²) in [6.45, 7) is 0. The van der Waals surface area contributed by atoms with Crippen molar-refractivity contribution < 1.29 is 0 Å². The predicted molar refractivity (Wildman–Crippen MR) is 290 cm³/mol. The molecule has 2 heterocycles. The van der Waals surface area contributed by atoms with Gasteiger partial charge in [0, 0.05) is 32.9 Å². The number of nitrogens with zero attached hydrogens (tertiary/aromatic N) is 2. The lowest BCUT2D eigenvalue weighted by Crippen LogP contribution is -2.31. The molecule has 13 aromatic rings. The molecule has 0 aliphatic rings. The van der Waals surface area contributed by atoms with Crippen LogP contribution < -0.4 is 0 Å². The van der Waals surface area contributed by atoms with Crippen LogP contribution in [0, 0.1) is 0 Å². The highest BCUT2D eigenvalue weighted by Gasteiger charge is 2.39. The third kappa shape index (κ3) is 6.72. The summed E-state index contributed by atoms with van der Waals surface area (Å²) >= 11 is 0. The first-order valence-electron chi connectivity index (χ1n) is 23.8. The van der Waals surface area contributed by atoms with E-state index in [0.29, 0.717) is 0 Å². The largest absolute Gasteiger partial charge is 0.309 e. The average Bonchev–Trinajstić information content (AvgIpc) is 3.95. The van der Waals surface area contributed by atoms with Crippen molar-refractivity contribution in [1.82, 2.24) is 9.13 Å². The number of aromatic nitrogens is 2. The van der Waals surface area contributed by atoms with Gasteiger partial charge < -0.3 is 9.13 Å². The Hall–Kier alpha value is -8.98. The van der Waals surface area contributed by atoms with Crippen LogP contribution in [0.2, 0.25) is 0 Å². The van der Waals surface area contributed by atoms with Crippen LogP contribution in [0.3, 0.4) is 0 Å². The third-order valence-electron chi connectivity index (χ3n) is 14.2. The van der Waals surface area contributed by atoms with Crippen molar-refractivity contribution in [2.45, 2.75) is 5.41 Å². The molecule has 0 radical (unpaired) electrons. The molecule has 0 saturated heterocycles. The molecule has 11 aromatic carbocycles. The summed E-state index contributed by atoms with van der Waals surface area (Å²) < 4.78 is 4.80. The highest BCUT2D eigenvalue weighted by atomic mass is 15.0. The van der Waals surface area contributed by atoms with Gasteiger partial charge in [0.05, 0.1) is 27.5 Å². The lowest BCUT2D eigenvalue weighted by Gasteiger charge is -2.37. The summed E-state index contributed by atoms with van der Waals surface area (Å²) in [4.78, 5) is 0. The molecule has 0 spiro atoms. The fourth-order valence-electron chi connectivity index (χ4n) is 11.1. The topological polar surface area (TPSA) is 9.86 Å². The molecule has 0 saturated carbocycles. The van der Waals surface area contributed by atoms with E-state index in [1.165, 1.54) is 99.4 Å². The van der Waals surface area contributed by atoms with Crippen LogP contribution in [-0.4, -0.2) is 9.13 Å². The lowest BCUT2D eigenvalue weighted by molar-refractivity contribution is 0.746. The molecule has 2 aromatic heterocycles. The number of benzene rings is 11. The molecular formula is C67H46N2. The molecule has 0 aliphatic carbocycles. The highest BCUT2D eigenvalue weighted by molar-refractivity contribution is 6.12. The molecule has 0 amide bonds. The molecule has 0 aliphatic heterocycles. The fourth-order valence-corrected chi connectivity index (χ4v) is 11.1. The smallest absolute Gasteiger partial charge is 0.0702 e. The van der Waals surface area contributed by atoms with Crippen molar-refractivity contribution in [2.24, 2.45) is 0 Å². The highest BCUT2D eigenvalue weighted by Crippen LogP contribution is 2.47. The quantitative estimate of drug-likeness (QED) is 0.128. The third-order valence-corrected chi connectivity index (χ3v) is 14.2. The maximum atomic E-state index is 2.42. The minimum Gasteiger partial charge on any atom is -0.309 e. The summed E-state index contributed by atoms with van der Waals surface area (Å²) in [7, 11) is 0. The second-order valence-electron chi connectivity index (χ2n) is 18.1. The molecule has 0 fully saturated rings. The Bertz CT molecular complexity index is 3870. The molecule has 0 unspecified atom stereocenters. The van der Waals surface area contributed by atoms with Crippen molar-refractivity contribution in [3.05, 3.63) is 301 Å². The fraction of sp³-hybridized carbons (Fsp3) is 0.0149. The summed E-state index contributed by atoms with van der Waals surface area (Å²) in [6, 6.07) is 102. The molecule has 69 heavy (non-hydrogen) atoms. The molecule has 2 heteroatoms. The van der Waals surface area contributed by atoms with E-state index >= 15 is 0 Å². The van der Waals surface area contributed by atoms with E-state index < -0.39 is 5.41 Å². The Labute approximate surface area is 402 Å². The summed E-state index contributed by atoms with van der Waals surface area (Å²) in [5.74, 6) is 0. The van der Waals surface area contributed by atoms with Gasteiger partial charge in [-0.05, 0) is 134 Å². The van der Waals surface area contributed by atoms with Crippen LogP contribution in [0.15, 0.2) is 279 Å². The minimum absolute atomic E-state index is 0.585.